The number of hydrogen-bond donors (Lipinski definition) is 1. The number of fused-ring (bicyclic) bond motifs is 3. The van der Waals surface area contributed by atoms with Crippen molar-refractivity contribution < 1.29 is 4.79 Å². The topological polar surface area (TPSA) is 46.9 Å². The third-order valence-electron chi connectivity index (χ3n) is 6.50. The lowest BCUT2D eigenvalue weighted by atomic mass is 9.86. The molecule has 1 amide bonds. The zero-order valence-electron chi connectivity index (χ0n) is 14.6. The summed E-state index contributed by atoms with van der Waals surface area (Å²) in [4.78, 5) is 12.8. The van der Waals surface area contributed by atoms with Crippen LogP contribution < -0.4 is 5.32 Å². The molecule has 0 radical (unpaired) electrons. The summed E-state index contributed by atoms with van der Waals surface area (Å²) in [5.41, 5.74) is 3.41. The Bertz CT molecular complexity index is 795. The van der Waals surface area contributed by atoms with E-state index in [-0.39, 0.29) is 5.91 Å². The first-order chi connectivity index (χ1) is 12.3. The van der Waals surface area contributed by atoms with Crippen molar-refractivity contribution >= 4 is 11.7 Å². The normalized spacial score (nSPS) is 26.8. The summed E-state index contributed by atoms with van der Waals surface area (Å²) in [7, 11) is 0. The van der Waals surface area contributed by atoms with Gasteiger partial charge in [0, 0.05) is 12.0 Å². The van der Waals surface area contributed by atoms with Gasteiger partial charge in [0.25, 0.3) is 0 Å². The molecular weight excluding hydrogens is 310 g/mol. The Morgan fingerprint density at radius 3 is 2.80 bits per heavy atom. The predicted molar refractivity (Wildman–Crippen MR) is 97.8 cm³/mol. The standard InChI is InChI=1S/C21H25N3O/c25-20(13-16-12-14-9-10-15(16)11-14)22-21-18-7-4-8-19(18)23-24(21)17-5-2-1-3-6-17/h1-3,5-6,14-16H,4,7-13H2,(H,22,25). The number of aryl methyl sites for hydroxylation is 1. The van der Waals surface area contributed by atoms with Gasteiger partial charge >= 0.3 is 0 Å². The van der Waals surface area contributed by atoms with Crippen molar-refractivity contribution in [3.8, 4) is 5.69 Å². The molecule has 25 heavy (non-hydrogen) atoms. The first-order valence-corrected chi connectivity index (χ1v) is 9.74. The molecule has 2 saturated carbocycles. The summed E-state index contributed by atoms with van der Waals surface area (Å²) in [6.07, 6.45) is 9.19. The van der Waals surface area contributed by atoms with E-state index in [0.29, 0.717) is 12.3 Å². The average Bonchev–Trinajstić information content (AvgIpc) is 3.38. The van der Waals surface area contributed by atoms with Gasteiger partial charge < -0.3 is 5.32 Å². The van der Waals surface area contributed by atoms with Gasteiger partial charge in [-0.05, 0) is 68.4 Å². The van der Waals surface area contributed by atoms with Crippen molar-refractivity contribution in [2.45, 2.75) is 51.4 Å². The summed E-state index contributed by atoms with van der Waals surface area (Å²) in [6, 6.07) is 10.1. The van der Waals surface area contributed by atoms with E-state index in [0.717, 1.165) is 48.3 Å². The number of anilines is 1. The average molecular weight is 335 g/mol. The second kappa shape index (κ2) is 6.01. The second-order valence-corrected chi connectivity index (χ2v) is 8.06. The lowest BCUT2D eigenvalue weighted by Crippen LogP contribution is -2.22. The number of carbonyl (C=O) groups excluding carboxylic acids is 1. The molecule has 4 nitrogen and oxygen atoms in total. The van der Waals surface area contributed by atoms with E-state index in [4.69, 9.17) is 5.10 Å². The molecule has 3 unspecified atom stereocenters. The van der Waals surface area contributed by atoms with Gasteiger partial charge in [0.1, 0.15) is 5.82 Å². The molecule has 2 fully saturated rings. The molecule has 1 aromatic heterocycles. The zero-order valence-corrected chi connectivity index (χ0v) is 14.6. The van der Waals surface area contributed by atoms with Crippen LogP contribution in [0.2, 0.25) is 0 Å². The third-order valence-corrected chi connectivity index (χ3v) is 6.50. The predicted octanol–water partition coefficient (Wildman–Crippen LogP) is 4.13. The lowest BCUT2D eigenvalue weighted by Gasteiger charge is -2.21. The Morgan fingerprint density at radius 1 is 1.16 bits per heavy atom. The fraction of sp³-hybridized carbons (Fsp3) is 0.524. The molecule has 1 heterocycles. The van der Waals surface area contributed by atoms with Crippen LogP contribution in [0, 0.1) is 17.8 Å². The molecule has 1 aromatic carbocycles. The summed E-state index contributed by atoms with van der Waals surface area (Å²) in [6.45, 7) is 0. The summed E-state index contributed by atoms with van der Waals surface area (Å²) in [5.74, 6) is 3.36. The van der Waals surface area contributed by atoms with Gasteiger partial charge in [-0.1, -0.05) is 24.6 Å². The molecular formula is C21H25N3O. The van der Waals surface area contributed by atoms with Gasteiger partial charge in [0.15, 0.2) is 0 Å². The van der Waals surface area contributed by atoms with Gasteiger partial charge in [0.05, 0.1) is 11.4 Å². The van der Waals surface area contributed by atoms with Crippen molar-refractivity contribution in [2.24, 2.45) is 17.8 Å². The minimum absolute atomic E-state index is 0.171. The number of carbonyl (C=O) groups is 1. The highest BCUT2D eigenvalue weighted by atomic mass is 16.1. The summed E-state index contributed by atoms with van der Waals surface area (Å²) < 4.78 is 1.93. The van der Waals surface area contributed by atoms with Gasteiger partial charge in [-0.2, -0.15) is 5.10 Å². The molecule has 3 aliphatic carbocycles. The van der Waals surface area contributed by atoms with Crippen molar-refractivity contribution in [1.82, 2.24) is 9.78 Å². The third kappa shape index (κ3) is 2.68. The highest BCUT2D eigenvalue weighted by Crippen LogP contribution is 2.49. The molecule has 0 aliphatic heterocycles. The molecule has 0 spiro atoms. The fourth-order valence-corrected chi connectivity index (χ4v) is 5.32. The van der Waals surface area contributed by atoms with E-state index in [1.807, 2.05) is 35.0 Å². The fourth-order valence-electron chi connectivity index (χ4n) is 5.32. The van der Waals surface area contributed by atoms with Crippen molar-refractivity contribution in [3.05, 3.63) is 41.6 Å². The number of hydrogen-bond acceptors (Lipinski definition) is 2. The van der Waals surface area contributed by atoms with Gasteiger partial charge in [-0.3, -0.25) is 4.79 Å². The van der Waals surface area contributed by atoms with E-state index < -0.39 is 0 Å². The highest BCUT2D eigenvalue weighted by molar-refractivity contribution is 5.91. The maximum absolute atomic E-state index is 12.8. The molecule has 0 saturated heterocycles. The highest BCUT2D eigenvalue weighted by Gasteiger charge is 2.40. The van der Waals surface area contributed by atoms with E-state index in [2.05, 4.69) is 5.32 Å². The maximum Gasteiger partial charge on any atom is 0.225 e. The van der Waals surface area contributed by atoms with Gasteiger partial charge in [-0.15, -0.1) is 0 Å². The molecule has 2 bridgehead atoms. The quantitative estimate of drug-likeness (QED) is 0.913. The van der Waals surface area contributed by atoms with Crippen LogP contribution in [0.3, 0.4) is 0 Å². The molecule has 1 N–H and O–H groups in total. The number of benzene rings is 1. The van der Waals surface area contributed by atoms with Crippen molar-refractivity contribution in [2.75, 3.05) is 5.32 Å². The number of nitrogens with one attached hydrogen (secondary N) is 1. The first-order valence-electron chi connectivity index (χ1n) is 9.74. The minimum atomic E-state index is 0.171. The Kier molecular flexibility index (Phi) is 3.65. The number of nitrogens with zero attached hydrogens (tertiary/aromatic N) is 2. The van der Waals surface area contributed by atoms with Gasteiger partial charge in [0.2, 0.25) is 5.91 Å². The van der Waals surface area contributed by atoms with Crippen LogP contribution in [0.25, 0.3) is 5.69 Å². The monoisotopic (exact) mass is 335 g/mol. The lowest BCUT2D eigenvalue weighted by molar-refractivity contribution is -0.117. The SMILES string of the molecule is O=C(CC1CC2CCC1C2)Nc1c2c(nn1-c1ccccc1)CCC2. The molecule has 3 aliphatic rings. The number of amides is 1. The summed E-state index contributed by atoms with van der Waals surface area (Å²) in [5, 5.41) is 8.02. The van der Waals surface area contributed by atoms with Crippen molar-refractivity contribution in [1.29, 1.82) is 0 Å². The molecule has 4 heteroatoms. The van der Waals surface area contributed by atoms with E-state index in [9.17, 15) is 4.79 Å². The maximum atomic E-state index is 12.8. The van der Waals surface area contributed by atoms with Crippen LogP contribution in [0.5, 0.6) is 0 Å². The van der Waals surface area contributed by atoms with Crippen molar-refractivity contribution in [3.63, 3.8) is 0 Å². The van der Waals surface area contributed by atoms with Crippen LogP contribution in [0.1, 0.15) is 49.8 Å². The largest absolute Gasteiger partial charge is 0.310 e. The van der Waals surface area contributed by atoms with Crippen LogP contribution >= 0.6 is 0 Å². The molecule has 130 valence electrons. The van der Waals surface area contributed by atoms with E-state index in [1.165, 1.54) is 31.2 Å². The number of rotatable bonds is 4. The van der Waals surface area contributed by atoms with E-state index in [1.54, 1.807) is 0 Å². The Balaban J connectivity index is 1.39. The first kappa shape index (κ1) is 15.2. The molecule has 5 rings (SSSR count). The Labute approximate surface area is 148 Å². The van der Waals surface area contributed by atoms with Crippen LogP contribution in [-0.4, -0.2) is 15.7 Å². The molecule has 3 atom stereocenters. The minimum Gasteiger partial charge on any atom is -0.310 e. The Morgan fingerprint density at radius 2 is 2.04 bits per heavy atom. The molecule has 2 aromatic rings. The Hall–Kier alpha value is -2.10. The zero-order chi connectivity index (χ0) is 16.8. The summed E-state index contributed by atoms with van der Waals surface area (Å²) >= 11 is 0. The second-order valence-electron chi connectivity index (χ2n) is 8.06. The van der Waals surface area contributed by atoms with Crippen LogP contribution in [0.4, 0.5) is 5.82 Å². The number of para-hydroxylation sites is 1. The van der Waals surface area contributed by atoms with Crippen LogP contribution in [0.15, 0.2) is 30.3 Å². The van der Waals surface area contributed by atoms with Crippen LogP contribution in [-0.2, 0) is 17.6 Å². The van der Waals surface area contributed by atoms with Gasteiger partial charge in [-0.25, -0.2) is 4.68 Å². The number of aromatic nitrogens is 2. The smallest absolute Gasteiger partial charge is 0.225 e. The van der Waals surface area contributed by atoms with E-state index >= 15 is 0 Å².